The number of ether oxygens (including phenoxy) is 3. The van der Waals surface area contributed by atoms with Crippen LogP contribution in [0.15, 0.2) is 85.1 Å². The lowest BCUT2D eigenvalue weighted by molar-refractivity contribution is -0.166. The Kier molecular flexibility index (Phi) is 52.4. The topological polar surface area (TPSA) is 78.9 Å². The number of esters is 3. The molecule has 1 atom stereocenters. The van der Waals surface area contributed by atoms with Crippen LogP contribution >= 0.6 is 0 Å². The predicted octanol–water partition coefficient (Wildman–Crippen LogP) is 18.8. The molecule has 67 heavy (non-hydrogen) atoms. The van der Waals surface area contributed by atoms with Gasteiger partial charge in [-0.05, 0) is 83.5 Å². The number of allylic oxidation sites excluding steroid dienone is 14. The average molecular weight is 933 g/mol. The van der Waals surface area contributed by atoms with E-state index in [2.05, 4.69) is 99.8 Å². The molecule has 0 aliphatic carbocycles. The largest absolute Gasteiger partial charge is 0.462 e. The highest BCUT2D eigenvalue weighted by Crippen LogP contribution is 2.15. The van der Waals surface area contributed by atoms with Crippen LogP contribution < -0.4 is 0 Å². The second-order valence-corrected chi connectivity index (χ2v) is 18.5. The molecule has 0 aromatic rings. The number of hydrogen-bond acceptors (Lipinski definition) is 6. The summed E-state index contributed by atoms with van der Waals surface area (Å²) in [6.45, 7) is 6.46. The van der Waals surface area contributed by atoms with E-state index in [1.807, 2.05) is 6.08 Å². The zero-order valence-corrected chi connectivity index (χ0v) is 43.9. The Bertz CT molecular complexity index is 1300. The number of hydrogen-bond donors (Lipinski definition) is 0. The summed E-state index contributed by atoms with van der Waals surface area (Å²) in [6, 6.07) is 0. The average Bonchev–Trinajstić information content (AvgIpc) is 3.33. The Balaban J connectivity index is 4.50. The van der Waals surface area contributed by atoms with Crippen molar-refractivity contribution < 1.29 is 28.6 Å². The van der Waals surface area contributed by atoms with E-state index in [-0.39, 0.29) is 31.6 Å². The first-order chi connectivity index (χ1) is 33.0. The van der Waals surface area contributed by atoms with Gasteiger partial charge in [-0.2, -0.15) is 0 Å². The van der Waals surface area contributed by atoms with Crippen molar-refractivity contribution in [2.45, 2.75) is 271 Å². The first-order valence-electron chi connectivity index (χ1n) is 28.1. The number of carbonyl (C=O) groups is 3. The first kappa shape index (κ1) is 63.6. The zero-order valence-electron chi connectivity index (χ0n) is 43.9. The maximum atomic E-state index is 12.8. The van der Waals surface area contributed by atoms with Crippen molar-refractivity contribution in [3.05, 3.63) is 85.1 Å². The van der Waals surface area contributed by atoms with Gasteiger partial charge in [0.1, 0.15) is 13.2 Å². The van der Waals surface area contributed by atoms with Gasteiger partial charge in [0.25, 0.3) is 0 Å². The van der Waals surface area contributed by atoms with Crippen LogP contribution in [-0.2, 0) is 28.6 Å². The van der Waals surface area contributed by atoms with Gasteiger partial charge in [0.2, 0.25) is 0 Å². The lowest BCUT2D eigenvalue weighted by Gasteiger charge is -2.18. The van der Waals surface area contributed by atoms with Crippen LogP contribution in [0.5, 0.6) is 0 Å². The summed E-state index contributed by atoms with van der Waals surface area (Å²) < 4.78 is 16.8. The Labute approximate surface area is 414 Å². The predicted molar refractivity (Wildman–Crippen MR) is 288 cm³/mol. The highest BCUT2D eigenvalue weighted by Gasteiger charge is 2.19. The Morgan fingerprint density at radius 2 is 0.612 bits per heavy atom. The highest BCUT2D eigenvalue weighted by molar-refractivity contribution is 5.71. The molecule has 0 rings (SSSR count). The van der Waals surface area contributed by atoms with Crippen molar-refractivity contribution in [2.24, 2.45) is 0 Å². The standard InChI is InChI=1S/C61H104O6/c1-4-7-10-13-16-19-22-25-28-29-30-31-34-37-40-43-46-49-52-55-61(64)67-58(56-65-59(62)53-50-47-44-41-38-35-32-26-23-20-17-14-11-8-5-2)57-66-60(63)54-51-48-45-42-39-36-33-27-24-21-18-15-12-9-6-3/h7,10,16,19-20,23,25,28,30-31,37,40,46,49,58H,4-6,8-9,11-15,17-18,21-22,24,26-27,29,32-36,38-39,41-45,47-48,50-57H2,1-3H3/b10-7-,19-16-,23-20-,28-25-,31-30-,40-37-,49-46-/t58-/m1/s1. The van der Waals surface area contributed by atoms with Crippen molar-refractivity contribution >= 4 is 17.9 Å². The van der Waals surface area contributed by atoms with E-state index < -0.39 is 12.1 Å². The van der Waals surface area contributed by atoms with Crippen LogP contribution in [-0.4, -0.2) is 37.2 Å². The lowest BCUT2D eigenvalue weighted by atomic mass is 10.0. The van der Waals surface area contributed by atoms with Crippen LogP contribution in [0.2, 0.25) is 0 Å². The van der Waals surface area contributed by atoms with E-state index in [9.17, 15) is 14.4 Å². The first-order valence-corrected chi connectivity index (χ1v) is 28.1. The lowest BCUT2D eigenvalue weighted by Crippen LogP contribution is -2.30. The smallest absolute Gasteiger partial charge is 0.306 e. The minimum atomic E-state index is -0.817. The zero-order chi connectivity index (χ0) is 48.6. The molecule has 0 radical (unpaired) electrons. The molecule has 0 aliphatic heterocycles. The minimum Gasteiger partial charge on any atom is -0.462 e. The molecule has 0 amide bonds. The molecule has 0 unspecified atom stereocenters. The Morgan fingerprint density at radius 1 is 0.313 bits per heavy atom. The third-order valence-electron chi connectivity index (χ3n) is 11.9. The monoisotopic (exact) mass is 933 g/mol. The maximum absolute atomic E-state index is 12.8. The summed E-state index contributed by atoms with van der Waals surface area (Å²) in [5.41, 5.74) is 0. The molecule has 0 bridgehead atoms. The van der Waals surface area contributed by atoms with Gasteiger partial charge in [-0.25, -0.2) is 0 Å². The van der Waals surface area contributed by atoms with Gasteiger partial charge in [-0.1, -0.05) is 247 Å². The third kappa shape index (κ3) is 53.4. The normalized spacial score (nSPS) is 12.7. The molecular formula is C61H104O6. The summed E-state index contributed by atoms with van der Waals surface area (Å²) in [4.78, 5) is 38.1. The van der Waals surface area contributed by atoms with E-state index in [1.54, 1.807) is 0 Å². The summed E-state index contributed by atoms with van der Waals surface area (Å²) in [5.74, 6) is -0.989. The third-order valence-corrected chi connectivity index (χ3v) is 11.9. The van der Waals surface area contributed by atoms with Gasteiger partial charge in [-0.15, -0.1) is 0 Å². The summed E-state index contributed by atoms with van der Waals surface area (Å²) >= 11 is 0. The fraction of sp³-hybridized carbons (Fsp3) is 0.721. The molecule has 0 aliphatic rings. The number of carbonyl (C=O) groups excluding carboxylic acids is 3. The van der Waals surface area contributed by atoms with Crippen LogP contribution in [0.25, 0.3) is 0 Å². The van der Waals surface area contributed by atoms with Gasteiger partial charge < -0.3 is 14.2 Å². The number of rotatable bonds is 50. The van der Waals surface area contributed by atoms with Crippen LogP contribution in [0.1, 0.15) is 265 Å². The fourth-order valence-corrected chi connectivity index (χ4v) is 7.70. The van der Waals surface area contributed by atoms with E-state index in [0.717, 1.165) is 77.0 Å². The van der Waals surface area contributed by atoms with Crippen LogP contribution in [0.4, 0.5) is 0 Å². The quantitative estimate of drug-likeness (QED) is 0.0262. The molecule has 384 valence electrons. The van der Waals surface area contributed by atoms with E-state index in [0.29, 0.717) is 19.3 Å². The van der Waals surface area contributed by atoms with Crippen LogP contribution in [0, 0.1) is 0 Å². The molecule has 6 heteroatoms. The Hall–Kier alpha value is -3.41. The van der Waals surface area contributed by atoms with Crippen molar-refractivity contribution in [3.8, 4) is 0 Å². The highest BCUT2D eigenvalue weighted by atomic mass is 16.6. The van der Waals surface area contributed by atoms with Crippen molar-refractivity contribution in [3.63, 3.8) is 0 Å². The van der Waals surface area contributed by atoms with Crippen molar-refractivity contribution in [1.82, 2.24) is 0 Å². The van der Waals surface area contributed by atoms with Gasteiger partial charge >= 0.3 is 17.9 Å². The van der Waals surface area contributed by atoms with Crippen molar-refractivity contribution in [1.29, 1.82) is 0 Å². The van der Waals surface area contributed by atoms with Crippen LogP contribution in [0.3, 0.4) is 0 Å². The summed E-state index contributed by atoms with van der Waals surface area (Å²) in [6.07, 6.45) is 71.5. The van der Waals surface area contributed by atoms with Gasteiger partial charge in [0, 0.05) is 19.3 Å². The van der Waals surface area contributed by atoms with Gasteiger partial charge in [0.05, 0.1) is 0 Å². The molecule has 0 aromatic carbocycles. The molecule has 0 N–H and O–H groups in total. The maximum Gasteiger partial charge on any atom is 0.306 e. The molecule has 0 spiro atoms. The van der Waals surface area contributed by atoms with E-state index >= 15 is 0 Å². The molecule has 0 heterocycles. The molecule has 6 nitrogen and oxygen atoms in total. The summed E-state index contributed by atoms with van der Waals surface area (Å²) in [5, 5.41) is 0. The summed E-state index contributed by atoms with van der Waals surface area (Å²) in [7, 11) is 0. The molecule has 0 saturated heterocycles. The molecule has 0 saturated carbocycles. The fourth-order valence-electron chi connectivity index (χ4n) is 7.70. The molecule has 0 fully saturated rings. The second-order valence-electron chi connectivity index (χ2n) is 18.5. The van der Waals surface area contributed by atoms with Gasteiger partial charge in [-0.3, -0.25) is 14.4 Å². The molecular weight excluding hydrogens is 829 g/mol. The Morgan fingerprint density at radius 3 is 0.985 bits per heavy atom. The van der Waals surface area contributed by atoms with Gasteiger partial charge in [0.15, 0.2) is 6.10 Å². The second kappa shape index (κ2) is 55.2. The molecule has 0 aromatic heterocycles. The SMILES string of the molecule is CC/C=C\C/C=C\C/C=C\C/C=C\C/C=C\C/C=C\CCC(=O)O[C@H](COC(=O)CCCCCCCCC/C=C\CCCCCC)COC(=O)CCCCCCCCCCCCCCCCC. The van der Waals surface area contributed by atoms with Crippen molar-refractivity contribution in [2.75, 3.05) is 13.2 Å². The van der Waals surface area contributed by atoms with E-state index in [1.165, 1.54) is 141 Å². The van der Waals surface area contributed by atoms with E-state index in [4.69, 9.17) is 14.2 Å². The number of unbranched alkanes of at least 4 members (excludes halogenated alkanes) is 25. The minimum absolute atomic E-state index is 0.106.